The number of aromatic amines is 1. The van der Waals surface area contributed by atoms with Crippen molar-refractivity contribution in [2.24, 2.45) is 0 Å². The van der Waals surface area contributed by atoms with Crippen LogP contribution in [0.4, 0.5) is 18.9 Å². The number of fused-ring (bicyclic) bond motifs is 1. The van der Waals surface area contributed by atoms with E-state index >= 15 is 0 Å². The van der Waals surface area contributed by atoms with Gasteiger partial charge in [-0.1, -0.05) is 6.07 Å². The highest BCUT2D eigenvalue weighted by molar-refractivity contribution is 6.04. The monoisotopic (exact) mass is 414 g/mol. The molecule has 0 saturated carbocycles. The number of aromatic nitrogens is 2. The van der Waals surface area contributed by atoms with Gasteiger partial charge in [0.05, 0.1) is 11.3 Å². The molecule has 0 bridgehead atoms. The van der Waals surface area contributed by atoms with Crippen molar-refractivity contribution < 1.29 is 18.0 Å². The van der Waals surface area contributed by atoms with Crippen molar-refractivity contribution >= 4 is 11.6 Å². The third-order valence-corrected chi connectivity index (χ3v) is 5.17. The standard InChI is InChI=1S/C22H21F3N4O/c1-14-10-20(28-27-14)13-29-9-8-15-4-7-19(11-17(15)12-29)26-21(30)16-2-5-18(6-3-16)22(23,24)25/h2-7,10-11H,8-9,12-13H2,1H3,(H,26,30)(H,27,28). The van der Waals surface area contributed by atoms with Gasteiger partial charge < -0.3 is 5.32 Å². The molecule has 156 valence electrons. The fraction of sp³-hybridized carbons (Fsp3) is 0.273. The van der Waals surface area contributed by atoms with Gasteiger partial charge in [0.1, 0.15) is 0 Å². The Balaban J connectivity index is 1.43. The molecule has 0 unspecified atom stereocenters. The average Bonchev–Trinajstić information content (AvgIpc) is 3.11. The number of carbonyl (C=O) groups is 1. The van der Waals surface area contributed by atoms with E-state index in [9.17, 15) is 18.0 Å². The number of aryl methyl sites for hydroxylation is 1. The van der Waals surface area contributed by atoms with Crippen LogP contribution in [0.25, 0.3) is 0 Å². The molecule has 4 rings (SSSR count). The number of alkyl halides is 3. The molecule has 1 aliphatic heterocycles. The minimum Gasteiger partial charge on any atom is -0.322 e. The third kappa shape index (κ3) is 4.54. The van der Waals surface area contributed by atoms with Crippen LogP contribution in [0, 0.1) is 6.92 Å². The number of benzene rings is 2. The number of nitrogens with one attached hydrogen (secondary N) is 2. The largest absolute Gasteiger partial charge is 0.416 e. The summed E-state index contributed by atoms with van der Waals surface area (Å²) in [6.45, 7) is 4.38. The fourth-order valence-electron chi connectivity index (χ4n) is 3.63. The fourth-order valence-corrected chi connectivity index (χ4v) is 3.63. The van der Waals surface area contributed by atoms with Gasteiger partial charge in [-0.3, -0.25) is 14.8 Å². The summed E-state index contributed by atoms with van der Waals surface area (Å²) in [6.07, 6.45) is -3.51. The second-order valence-corrected chi connectivity index (χ2v) is 7.52. The molecule has 1 aromatic heterocycles. The molecular formula is C22H21F3N4O. The zero-order chi connectivity index (χ0) is 21.3. The lowest BCUT2D eigenvalue weighted by Crippen LogP contribution is -2.30. The number of anilines is 1. The van der Waals surface area contributed by atoms with Crippen LogP contribution in [0.2, 0.25) is 0 Å². The molecule has 2 heterocycles. The molecule has 8 heteroatoms. The zero-order valence-corrected chi connectivity index (χ0v) is 16.4. The van der Waals surface area contributed by atoms with E-state index in [-0.39, 0.29) is 5.56 Å². The summed E-state index contributed by atoms with van der Waals surface area (Å²) in [5.74, 6) is -0.441. The molecule has 2 aromatic carbocycles. The highest BCUT2D eigenvalue weighted by atomic mass is 19.4. The summed E-state index contributed by atoms with van der Waals surface area (Å²) in [4.78, 5) is 14.7. The van der Waals surface area contributed by atoms with E-state index in [1.807, 2.05) is 31.2 Å². The van der Waals surface area contributed by atoms with Crippen molar-refractivity contribution in [3.63, 3.8) is 0 Å². The van der Waals surface area contributed by atoms with Crippen molar-refractivity contribution in [2.75, 3.05) is 11.9 Å². The van der Waals surface area contributed by atoms with Gasteiger partial charge in [-0.2, -0.15) is 18.3 Å². The van der Waals surface area contributed by atoms with Gasteiger partial charge >= 0.3 is 6.18 Å². The van der Waals surface area contributed by atoms with Crippen molar-refractivity contribution in [3.8, 4) is 0 Å². The number of halogens is 3. The number of rotatable bonds is 4. The predicted octanol–water partition coefficient (Wildman–Crippen LogP) is 4.55. The maximum absolute atomic E-state index is 12.7. The van der Waals surface area contributed by atoms with E-state index in [0.717, 1.165) is 55.1 Å². The maximum Gasteiger partial charge on any atom is 0.416 e. The molecule has 30 heavy (non-hydrogen) atoms. The van der Waals surface area contributed by atoms with Crippen molar-refractivity contribution in [3.05, 3.63) is 82.2 Å². The molecule has 0 aliphatic carbocycles. The molecule has 0 radical (unpaired) electrons. The minimum absolute atomic E-state index is 0.177. The van der Waals surface area contributed by atoms with E-state index in [1.165, 1.54) is 17.7 Å². The van der Waals surface area contributed by atoms with E-state index in [4.69, 9.17) is 0 Å². The number of H-pyrrole nitrogens is 1. The first-order valence-electron chi connectivity index (χ1n) is 9.61. The highest BCUT2D eigenvalue weighted by Gasteiger charge is 2.30. The molecule has 0 atom stereocenters. The van der Waals surface area contributed by atoms with Gasteiger partial charge in [-0.25, -0.2) is 0 Å². The van der Waals surface area contributed by atoms with Crippen LogP contribution in [0.1, 0.15) is 38.4 Å². The average molecular weight is 414 g/mol. The van der Waals surface area contributed by atoms with Crippen molar-refractivity contribution in [2.45, 2.75) is 32.6 Å². The van der Waals surface area contributed by atoms with Crippen molar-refractivity contribution in [1.29, 1.82) is 0 Å². The summed E-state index contributed by atoms with van der Waals surface area (Å²) in [5.41, 5.74) is 4.39. The minimum atomic E-state index is -4.42. The quantitative estimate of drug-likeness (QED) is 0.659. The highest BCUT2D eigenvalue weighted by Crippen LogP contribution is 2.29. The van der Waals surface area contributed by atoms with Crippen LogP contribution < -0.4 is 5.32 Å². The summed E-state index contributed by atoms with van der Waals surface area (Å²) >= 11 is 0. The second-order valence-electron chi connectivity index (χ2n) is 7.52. The van der Waals surface area contributed by atoms with Crippen LogP contribution in [-0.2, 0) is 25.7 Å². The number of hydrogen-bond acceptors (Lipinski definition) is 3. The molecule has 0 saturated heterocycles. The number of amides is 1. The van der Waals surface area contributed by atoms with E-state index in [0.29, 0.717) is 5.69 Å². The van der Waals surface area contributed by atoms with Crippen LogP contribution >= 0.6 is 0 Å². The summed E-state index contributed by atoms with van der Waals surface area (Å²) < 4.78 is 38.1. The van der Waals surface area contributed by atoms with Gasteiger partial charge in [0.25, 0.3) is 5.91 Å². The Morgan fingerprint density at radius 2 is 1.90 bits per heavy atom. The third-order valence-electron chi connectivity index (χ3n) is 5.17. The number of carbonyl (C=O) groups excluding carboxylic acids is 1. The Labute approximate surface area is 171 Å². The predicted molar refractivity (Wildman–Crippen MR) is 107 cm³/mol. The second kappa shape index (κ2) is 7.95. The smallest absolute Gasteiger partial charge is 0.322 e. The molecule has 3 aromatic rings. The van der Waals surface area contributed by atoms with Gasteiger partial charge in [0.15, 0.2) is 0 Å². The number of hydrogen-bond donors (Lipinski definition) is 2. The summed E-state index contributed by atoms with van der Waals surface area (Å²) in [5, 5.41) is 10.0. The van der Waals surface area contributed by atoms with Crippen LogP contribution in [0.15, 0.2) is 48.5 Å². The Morgan fingerprint density at radius 3 is 2.57 bits per heavy atom. The Bertz CT molecular complexity index is 1060. The molecule has 2 N–H and O–H groups in total. The lowest BCUT2D eigenvalue weighted by molar-refractivity contribution is -0.137. The lowest BCUT2D eigenvalue weighted by atomic mass is 9.98. The SMILES string of the molecule is Cc1cc(CN2CCc3ccc(NC(=O)c4ccc(C(F)(F)F)cc4)cc3C2)n[nH]1. The molecule has 1 aliphatic rings. The summed E-state index contributed by atoms with van der Waals surface area (Å²) in [6, 6.07) is 12.0. The first-order valence-corrected chi connectivity index (χ1v) is 9.61. The lowest BCUT2D eigenvalue weighted by Gasteiger charge is -2.28. The van der Waals surface area contributed by atoms with Crippen LogP contribution in [0.3, 0.4) is 0 Å². The van der Waals surface area contributed by atoms with Crippen LogP contribution in [0.5, 0.6) is 0 Å². The van der Waals surface area contributed by atoms with E-state index < -0.39 is 17.6 Å². The molecular weight excluding hydrogens is 393 g/mol. The first kappa shape index (κ1) is 20.2. The first-order chi connectivity index (χ1) is 14.3. The summed E-state index contributed by atoms with van der Waals surface area (Å²) in [7, 11) is 0. The molecule has 1 amide bonds. The van der Waals surface area contributed by atoms with E-state index in [1.54, 1.807) is 0 Å². The molecule has 5 nitrogen and oxygen atoms in total. The molecule has 0 spiro atoms. The zero-order valence-electron chi connectivity index (χ0n) is 16.4. The topological polar surface area (TPSA) is 61.0 Å². The Kier molecular flexibility index (Phi) is 5.34. The molecule has 0 fully saturated rings. The van der Waals surface area contributed by atoms with Gasteiger partial charge in [0, 0.05) is 36.6 Å². The Hall–Kier alpha value is -3.13. The van der Waals surface area contributed by atoms with Crippen molar-refractivity contribution in [1.82, 2.24) is 15.1 Å². The van der Waals surface area contributed by atoms with E-state index in [2.05, 4.69) is 20.4 Å². The van der Waals surface area contributed by atoms with Crippen LogP contribution in [-0.4, -0.2) is 27.5 Å². The van der Waals surface area contributed by atoms with Gasteiger partial charge in [-0.05, 0) is 66.9 Å². The van der Waals surface area contributed by atoms with Gasteiger partial charge in [0.2, 0.25) is 0 Å². The Morgan fingerprint density at radius 1 is 1.13 bits per heavy atom. The number of nitrogens with zero attached hydrogens (tertiary/aromatic N) is 2. The maximum atomic E-state index is 12.7. The normalized spacial score (nSPS) is 14.4. The van der Waals surface area contributed by atoms with Gasteiger partial charge in [-0.15, -0.1) is 0 Å².